The summed E-state index contributed by atoms with van der Waals surface area (Å²) in [5.74, 6) is -0.0685. The first-order valence-corrected chi connectivity index (χ1v) is 11.2. The molecular formula is C23H26ClN3OS. The highest BCUT2D eigenvalue weighted by molar-refractivity contribution is 7.14. The molecule has 0 aliphatic carbocycles. The summed E-state index contributed by atoms with van der Waals surface area (Å²) < 4.78 is 0. The summed E-state index contributed by atoms with van der Waals surface area (Å²) in [4.78, 5) is 22.2. The van der Waals surface area contributed by atoms with Gasteiger partial charge in [-0.15, -0.1) is 11.3 Å². The molecule has 0 N–H and O–H groups in total. The minimum Gasteiger partial charge on any atom is -0.304 e. The maximum Gasteiger partial charge on any atom is 0.260 e. The van der Waals surface area contributed by atoms with Gasteiger partial charge in [-0.25, -0.2) is 4.98 Å². The minimum atomic E-state index is -0.0685. The zero-order valence-corrected chi connectivity index (χ0v) is 18.4. The second-order valence-electron chi connectivity index (χ2n) is 6.73. The van der Waals surface area contributed by atoms with Gasteiger partial charge in [0.1, 0.15) is 0 Å². The molecule has 6 heteroatoms. The van der Waals surface area contributed by atoms with E-state index in [-0.39, 0.29) is 5.91 Å². The van der Waals surface area contributed by atoms with Crippen LogP contribution in [0.25, 0.3) is 11.3 Å². The second-order valence-corrected chi connectivity index (χ2v) is 8.00. The molecule has 29 heavy (non-hydrogen) atoms. The molecule has 1 aromatic heterocycles. The molecule has 2 aromatic carbocycles. The Labute approximate surface area is 181 Å². The minimum absolute atomic E-state index is 0.0685. The largest absolute Gasteiger partial charge is 0.304 e. The van der Waals surface area contributed by atoms with Crippen LogP contribution < -0.4 is 4.90 Å². The molecule has 3 aromatic rings. The lowest BCUT2D eigenvalue weighted by atomic mass is 10.2. The summed E-state index contributed by atoms with van der Waals surface area (Å²) in [5.41, 5.74) is 2.52. The van der Waals surface area contributed by atoms with Gasteiger partial charge in [0.15, 0.2) is 5.13 Å². The van der Waals surface area contributed by atoms with Crippen molar-refractivity contribution in [2.24, 2.45) is 0 Å². The molecule has 0 atom stereocenters. The molecule has 0 aliphatic heterocycles. The zero-order valence-electron chi connectivity index (χ0n) is 16.8. The molecule has 0 radical (unpaired) electrons. The highest BCUT2D eigenvalue weighted by atomic mass is 35.5. The topological polar surface area (TPSA) is 36.4 Å². The van der Waals surface area contributed by atoms with Crippen LogP contribution in [0.3, 0.4) is 0 Å². The number of nitrogens with zero attached hydrogens (tertiary/aromatic N) is 3. The highest BCUT2D eigenvalue weighted by Gasteiger charge is 2.21. The Balaban J connectivity index is 1.84. The lowest BCUT2D eigenvalue weighted by molar-refractivity contribution is 0.0985. The summed E-state index contributed by atoms with van der Waals surface area (Å²) in [6.45, 7) is 7.89. The van der Waals surface area contributed by atoms with Crippen molar-refractivity contribution in [3.63, 3.8) is 0 Å². The van der Waals surface area contributed by atoms with Crippen LogP contribution in [0, 0.1) is 0 Å². The fourth-order valence-electron chi connectivity index (χ4n) is 3.18. The third kappa shape index (κ3) is 5.66. The number of amides is 1. The summed E-state index contributed by atoms with van der Waals surface area (Å²) in [6.07, 6.45) is 0.883. The van der Waals surface area contributed by atoms with E-state index in [0.717, 1.165) is 37.3 Å². The first-order chi connectivity index (χ1) is 14.1. The Hall–Kier alpha value is -2.21. The van der Waals surface area contributed by atoms with Crippen LogP contribution in [-0.2, 0) is 0 Å². The number of halogens is 1. The van der Waals surface area contributed by atoms with Crippen molar-refractivity contribution in [3.8, 4) is 11.3 Å². The van der Waals surface area contributed by atoms with Crippen molar-refractivity contribution < 1.29 is 4.79 Å². The number of aromatic nitrogens is 1. The van der Waals surface area contributed by atoms with Gasteiger partial charge >= 0.3 is 0 Å². The fraction of sp³-hybridized carbons (Fsp3) is 0.304. The van der Waals surface area contributed by atoms with E-state index in [2.05, 4.69) is 18.7 Å². The molecule has 0 unspecified atom stereocenters. The smallest absolute Gasteiger partial charge is 0.260 e. The fourth-order valence-corrected chi connectivity index (χ4v) is 4.23. The van der Waals surface area contributed by atoms with Crippen molar-refractivity contribution in [3.05, 3.63) is 70.6 Å². The SMILES string of the molecule is CCN(CC)CCCN(C(=O)c1cccc(Cl)c1)c1nc(-c2ccccc2)cs1. The standard InChI is InChI=1S/C23H26ClN3OS/c1-3-26(4-2)14-9-15-27(22(28)19-12-8-13-20(24)16-19)23-25-21(17-29-23)18-10-6-5-7-11-18/h5-8,10-13,16-17H,3-4,9,14-15H2,1-2H3. The molecule has 0 saturated carbocycles. The van der Waals surface area contributed by atoms with E-state index < -0.39 is 0 Å². The van der Waals surface area contributed by atoms with Gasteiger partial charge in [0.25, 0.3) is 5.91 Å². The van der Waals surface area contributed by atoms with E-state index in [9.17, 15) is 4.79 Å². The molecule has 0 aliphatic rings. The quantitative estimate of drug-likeness (QED) is 0.430. The average Bonchev–Trinajstić information content (AvgIpc) is 3.24. The first kappa shape index (κ1) is 21.5. The van der Waals surface area contributed by atoms with E-state index in [0.29, 0.717) is 22.3 Å². The third-order valence-corrected chi connectivity index (χ3v) is 5.96. The van der Waals surface area contributed by atoms with Gasteiger partial charge in [0.05, 0.1) is 5.69 Å². The molecule has 1 amide bonds. The third-order valence-electron chi connectivity index (χ3n) is 4.86. The van der Waals surface area contributed by atoms with E-state index in [4.69, 9.17) is 16.6 Å². The van der Waals surface area contributed by atoms with Gasteiger partial charge in [0.2, 0.25) is 0 Å². The van der Waals surface area contributed by atoms with Crippen LogP contribution in [0.15, 0.2) is 60.0 Å². The number of anilines is 1. The Morgan fingerprint density at radius 1 is 1.03 bits per heavy atom. The van der Waals surface area contributed by atoms with Crippen molar-refractivity contribution in [2.45, 2.75) is 20.3 Å². The molecule has 3 rings (SSSR count). The zero-order chi connectivity index (χ0) is 20.6. The number of thiazole rings is 1. The summed E-state index contributed by atoms with van der Waals surface area (Å²) in [5, 5.41) is 3.28. The van der Waals surface area contributed by atoms with Gasteiger partial charge in [0, 0.05) is 28.1 Å². The molecule has 0 bridgehead atoms. The van der Waals surface area contributed by atoms with Crippen LogP contribution in [0.2, 0.25) is 5.02 Å². The average molecular weight is 428 g/mol. The number of rotatable bonds is 9. The van der Waals surface area contributed by atoms with Crippen LogP contribution in [0.4, 0.5) is 5.13 Å². The molecule has 0 spiro atoms. The highest BCUT2D eigenvalue weighted by Crippen LogP contribution is 2.29. The van der Waals surface area contributed by atoms with Crippen LogP contribution in [0.5, 0.6) is 0 Å². The molecule has 4 nitrogen and oxygen atoms in total. The van der Waals surface area contributed by atoms with Gasteiger partial charge in [-0.2, -0.15) is 0 Å². The number of hydrogen-bond donors (Lipinski definition) is 0. The number of carbonyl (C=O) groups excluding carboxylic acids is 1. The van der Waals surface area contributed by atoms with Gasteiger partial charge in [-0.1, -0.05) is 61.8 Å². The van der Waals surface area contributed by atoms with Crippen molar-refractivity contribution in [1.29, 1.82) is 0 Å². The van der Waals surface area contributed by atoms with Gasteiger partial charge in [-0.05, 0) is 44.3 Å². The van der Waals surface area contributed by atoms with Crippen LogP contribution in [0.1, 0.15) is 30.6 Å². The monoisotopic (exact) mass is 427 g/mol. The van der Waals surface area contributed by atoms with Gasteiger partial charge < -0.3 is 4.90 Å². The Kier molecular flexibility index (Phi) is 7.81. The number of carbonyl (C=O) groups is 1. The molecule has 0 fully saturated rings. The van der Waals surface area contributed by atoms with Crippen molar-refractivity contribution >= 4 is 34.0 Å². The van der Waals surface area contributed by atoms with Crippen molar-refractivity contribution in [1.82, 2.24) is 9.88 Å². The summed E-state index contributed by atoms with van der Waals surface area (Å²) >= 11 is 7.61. The number of benzene rings is 2. The van der Waals surface area contributed by atoms with Crippen LogP contribution in [-0.4, -0.2) is 42.0 Å². The van der Waals surface area contributed by atoms with E-state index >= 15 is 0 Å². The number of hydrogen-bond acceptors (Lipinski definition) is 4. The van der Waals surface area contributed by atoms with Gasteiger partial charge in [-0.3, -0.25) is 9.69 Å². The van der Waals surface area contributed by atoms with E-state index in [1.54, 1.807) is 29.2 Å². The van der Waals surface area contributed by atoms with Crippen molar-refractivity contribution in [2.75, 3.05) is 31.1 Å². The summed E-state index contributed by atoms with van der Waals surface area (Å²) in [7, 11) is 0. The second kappa shape index (κ2) is 10.5. The Bertz CT molecular complexity index is 925. The molecule has 152 valence electrons. The summed E-state index contributed by atoms with van der Waals surface area (Å²) in [6, 6.07) is 17.1. The predicted octanol–water partition coefficient (Wildman–Crippen LogP) is 5.84. The first-order valence-electron chi connectivity index (χ1n) is 9.93. The maximum atomic E-state index is 13.3. The lowest BCUT2D eigenvalue weighted by Gasteiger charge is -2.23. The lowest BCUT2D eigenvalue weighted by Crippen LogP contribution is -2.34. The maximum absolute atomic E-state index is 13.3. The van der Waals surface area contributed by atoms with E-state index in [1.807, 2.05) is 35.7 Å². The van der Waals surface area contributed by atoms with Crippen LogP contribution >= 0.6 is 22.9 Å². The molecule has 1 heterocycles. The Morgan fingerprint density at radius 2 is 1.79 bits per heavy atom. The predicted molar refractivity (Wildman–Crippen MR) is 123 cm³/mol. The molecule has 0 saturated heterocycles. The van der Waals surface area contributed by atoms with E-state index in [1.165, 1.54) is 11.3 Å². The normalized spacial score (nSPS) is 11.0. The molecular weight excluding hydrogens is 402 g/mol. The Morgan fingerprint density at radius 3 is 2.48 bits per heavy atom.